The van der Waals surface area contributed by atoms with Gasteiger partial charge in [-0.3, -0.25) is 4.79 Å². The van der Waals surface area contributed by atoms with Crippen molar-refractivity contribution < 1.29 is 13.9 Å². The number of halogens is 1. The Bertz CT molecular complexity index is 1150. The Balaban J connectivity index is 1.46. The van der Waals surface area contributed by atoms with Gasteiger partial charge in [-0.2, -0.15) is 0 Å². The van der Waals surface area contributed by atoms with Crippen LogP contribution in [0.1, 0.15) is 30.4 Å². The molecule has 0 fully saturated rings. The van der Waals surface area contributed by atoms with Crippen LogP contribution in [-0.4, -0.2) is 29.9 Å². The molecule has 1 atom stereocenters. The first-order chi connectivity index (χ1) is 16.1. The van der Waals surface area contributed by atoms with Gasteiger partial charge in [0.05, 0.1) is 6.54 Å². The number of hydrogen-bond acceptors (Lipinski definition) is 4. The molecule has 2 heterocycles. The van der Waals surface area contributed by atoms with Gasteiger partial charge in [-0.05, 0) is 36.8 Å². The van der Waals surface area contributed by atoms with Gasteiger partial charge in [0.25, 0.3) is 0 Å². The van der Waals surface area contributed by atoms with Crippen molar-refractivity contribution in [3.8, 4) is 11.6 Å². The Labute approximate surface area is 192 Å². The average molecular weight is 448 g/mol. The summed E-state index contributed by atoms with van der Waals surface area (Å²) in [6.07, 6.45) is 2.04. The first-order valence-electron chi connectivity index (χ1n) is 10.9. The fourth-order valence-electron chi connectivity index (χ4n) is 3.69. The van der Waals surface area contributed by atoms with E-state index in [4.69, 9.17) is 4.74 Å². The molecule has 1 aliphatic rings. The predicted molar refractivity (Wildman–Crippen MR) is 126 cm³/mol. The number of guanidine groups is 1. The van der Waals surface area contributed by atoms with Gasteiger partial charge in [-0.1, -0.05) is 30.3 Å². The monoisotopic (exact) mass is 447 g/mol. The zero-order valence-electron chi connectivity index (χ0n) is 18.3. The number of carbonyl (C=O) groups is 1. The Morgan fingerprint density at radius 1 is 1.18 bits per heavy atom. The van der Waals surface area contributed by atoms with Crippen molar-refractivity contribution in [1.82, 2.24) is 15.6 Å². The number of hydrogen-bond donors (Lipinski definition) is 3. The third-order valence-corrected chi connectivity index (χ3v) is 5.23. The van der Waals surface area contributed by atoms with Crippen molar-refractivity contribution in [3.63, 3.8) is 0 Å². The van der Waals surface area contributed by atoms with Crippen molar-refractivity contribution in [2.75, 3.05) is 18.4 Å². The Morgan fingerprint density at radius 2 is 2.06 bits per heavy atom. The minimum atomic E-state index is -0.375. The normalized spacial score (nSPS) is 15.4. The first kappa shape index (κ1) is 22.3. The molecule has 1 amide bonds. The maximum Gasteiger partial charge on any atom is 0.225 e. The number of aromatic nitrogens is 1. The van der Waals surface area contributed by atoms with Gasteiger partial charge in [0.1, 0.15) is 11.6 Å². The number of amides is 1. The van der Waals surface area contributed by atoms with E-state index in [0.717, 1.165) is 16.8 Å². The molecular formula is C25H26FN5O2. The molecule has 0 radical (unpaired) electrons. The second-order valence-corrected chi connectivity index (χ2v) is 7.64. The van der Waals surface area contributed by atoms with Gasteiger partial charge in [-0.15, -0.1) is 0 Å². The van der Waals surface area contributed by atoms with Crippen LogP contribution in [0.3, 0.4) is 0 Å². The minimum absolute atomic E-state index is 0.0111. The molecule has 0 spiro atoms. The summed E-state index contributed by atoms with van der Waals surface area (Å²) in [5.41, 5.74) is 2.73. The number of para-hydroxylation sites is 1. The van der Waals surface area contributed by atoms with E-state index in [1.54, 1.807) is 24.4 Å². The van der Waals surface area contributed by atoms with Crippen molar-refractivity contribution in [2.24, 2.45) is 4.99 Å². The molecule has 1 aliphatic heterocycles. The molecule has 0 saturated heterocycles. The van der Waals surface area contributed by atoms with E-state index in [1.807, 2.05) is 37.3 Å². The fraction of sp³-hybridized carbons (Fsp3) is 0.240. The highest BCUT2D eigenvalue weighted by Gasteiger charge is 2.24. The van der Waals surface area contributed by atoms with Crippen LogP contribution < -0.4 is 20.7 Å². The molecule has 33 heavy (non-hydrogen) atoms. The molecule has 0 bridgehead atoms. The molecular weight excluding hydrogens is 421 g/mol. The van der Waals surface area contributed by atoms with Crippen molar-refractivity contribution >= 4 is 17.6 Å². The predicted octanol–water partition coefficient (Wildman–Crippen LogP) is 4.19. The van der Waals surface area contributed by atoms with Crippen LogP contribution in [0.4, 0.5) is 10.1 Å². The van der Waals surface area contributed by atoms with Crippen molar-refractivity contribution in [1.29, 1.82) is 0 Å². The smallest absolute Gasteiger partial charge is 0.225 e. The third kappa shape index (κ3) is 5.85. The lowest BCUT2D eigenvalue weighted by Crippen LogP contribution is -2.40. The summed E-state index contributed by atoms with van der Waals surface area (Å²) in [5, 5.41) is 9.50. The van der Waals surface area contributed by atoms with Crippen molar-refractivity contribution in [3.05, 3.63) is 83.8 Å². The van der Waals surface area contributed by atoms with Gasteiger partial charge in [0.15, 0.2) is 5.96 Å². The van der Waals surface area contributed by atoms with Crippen LogP contribution >= 0.6 is 0 Å². The maximum atomic E-state index is 13.5. The van der Waals surface area contributed by atoms with Crippen LogP contribution in [0.2, 0.25) is 0 Å². The van der Waals surface area contributed by atoms with Gasteiger partial charge in [-0.25, -0.2) is 14.4 Å². The second-order valence-electron chi connectivity index (χ2n) is 7.64. The van der Waals surface area contributed by atoms with E-state index in [-0.39, 0.29) is 17.6 Å². The first-order valence-corrected chi connectivity index (χ1v) is 10.9. The number of benzene rings is 2. The summed E-state index contributed by atoms with van der Waals surface area (Å²) in [5.74, 6) is 1.06. The zero-order chi connectivity index (χ0) is 23.0. The number of anilines is 1. The third-order valence-electron chi connectivity index (χ3n) is 5.23. The van der Waals surface area contributed by atoms with Crippen molar-refractivity contribution in [2.45, 2.75) is 25.8 Å². The highest BCUT2D eigenvalue weighted by Crippen LogP contribution is 2.31. The molecule has 4 rings (SSSR count). The summed E-state index contributed by atoms with van der Waals surface area (Å²) >= 11 is 0. The summed E-state index contributed by atoms with van der Waals surface area (Å²) in [4.78, 5) is 21.0. The largest absolute Gasteiger partial charge is 0.439 e. The van der Waals surface area contributed by atoms with E-state index in [2.05, 4.69) is 25.9 Å². The Hall–Kier alpha value is -3.94. The lowest BCUT2D eigenvalue weighted by atomic mass is 9.90. The van der Waals surface area contributed by atoms with E-state index in [0.29, 0.717) is 43.6 Å². The number of aliphatic imine (C=N–C) groups is 1. The lowest BCUT2D eigenvalue weighted by molar-refractivity contribution is -0.116. The number of fused-ring (bicyclic) bond motifs is 1. The highest BCUT2D eigenvalue weighted by molar-refractivity contribution is 5.94. The number of ether oxygens (including phenoxy) is 1. The van der Waals surface area contributed by atoms with Gasteiger partial charge >= 0.3 is 0 Å². The number of rotatable bonds is 7. The summed E-state index contributed by atoms with van der Waals surface area (Å²) in [7, 11) is 0. The van der Waals surface area contributed by atoms with Crippen LogP contribution in [0, 0.1) is 5.82 Å². The topological polar surface area (TPSA) is 87.6 Å². The Kier molecular flexibility index (Phi) is 7.14. The van der Waals surface area contributed by atoms with E-state index in [1.165, 1.54) is 12.1 Å². The number of carbonyl (C=O) groups excluding carboxylic acids is 1. The summed E-state index contributed by atoms with van der Waals surface area (Å²) < 4.78 is 19.3. The standard InChI is InChI=1S/C25H26FN5O2/c1-2-27-25(30-16-18-13-23(32)31-22-11-4-3-10-21(18)22)29-15-17-7-6-12-28-24(17)33-20-9-5-8-19(26)14-20/h3-12,14,18H,2,13,15-16H2,1H3,(H,31,32)(H2,27,29,30). The molecule has 3 aromatic rings. The van der Waals surface area contributed by atoms with Crippen LogP contribution in [0.25, 0.3) is 0 Å². The molecule has 0 saturated carbocycles. The summed E-state index contributed by atoms with van der Waals surface area (Å²) in [6, 6.07) is 17.5. The zero-order valence-corrected chi connectivity index (χ0v) is 18.3. The second kappa shape index (κ2) is 10.6. The van der Waals surface area contributed by atoms with E-state index >= 15 is 0 Å². The van der Waals surface area contributed by atoms with Crippen LogP contribution in [-0.2, 0) is 11.3 Å². The van der Waals surface area contributed by atoms with E-state index in [9.17, 15) is 9.18 Å². The lowest BCUT2D eigenvalue weighted by Gasteiger charge is -2.26. The molecule has 7 nitrogen and oxygen atoms in total. The molecule has 2 aromatic carbocycles. The van der Waals surface area contributed by atoms with Gasteiger partial charge in [0.2, 0.25) is 11.8 Å². The summed E-state index contributed by atoms with van der Waals surface area (Å²) in [6.45, 7) is 3.56. The van der Waals surface area contributed by atoms with Gasteiger partial charge < -0.3 is 20.7 Å². The molecule has 170 valence electrons. The number of nitrogens with zero attached hydrogens (tertiary/aromatic N) is 2. The number of pyridine rings is 1. The molecule has 0 aliphatic carbocycles. The molecule has 3 N–H and O–H groups in total. The van der Waals surface area contributed by atoms with Crippen LogP contribution in [0.15, 0.2) is 71.9 Å². The number of nitrogens with one attached hydrogen (secondary N) is 3. The molecule has 8 heteroatoms. The Morgan fingerprint density at radius 3 is 2.91 bits per heavy atom. The minimum Gasteiger partial charge on any atom is -0.439 e. The fourth-order valence-corrected chi connectivity index (χ4v) is 3.69. The SMILES string of the molecule is CCNC(=NCc1cccnc1Oc1cccc(F)c1)NCC1CC(=O)Nc2ccccc21. The molecule has 1 unspecified atom stereocenters. The van der Waals surface area contributed by atoms with E-state index < -0.39 is 0 Å². The molecule has 1 aromatic heterocycles. The highest BCUT2D eigenvalue weighted by atomic mass is 19.1. The van der Waals surface area contributed by atoms with Crippen LogP contribution in [0.5, 0.6) is 11.6 Å². The quantitative estimate of drug-likeness (QED) is 0.373. The van der Waals surface area contributed by atoms with Gasteiger partial charge in [0, 0.05) is 48.9 Å². The maximum absolute atomic E-state index is 13.5. The average Bonchev–Trinajstić information content (AvgIpc) is 2.81.